The average molecular weight is 461 g/mol. The van der Waals surface area contributed by atoms with Crippen LogP contribution in [0.5, 0.6) is 0 Å². The molecule has 0 heterocycles. The third-order valence-electron chi connectivity index (χ3n) is 6.82. The van der Waals surface area contributed by atoms with Gasteiger partial charge in [0.2, 0.25) is 0 Å². The first-order valence-corrected chi connectivity index (χ1v) is 12.1. The zero-order valence-electron chi connectivity index (χ0n) is 17.9. The molecule has 0 radical (unpaired) electrons. The molecule has 3 aromatic carbocycles. The van der Waals surface area contributed by atoms with Crippen molar-refractivity contribution in [3.05, 3.63) is 128 Å². The van der Waals surface area contributed by atoms with Gasteiger partial charge in [-0.3, -0.25) is 0 Å². The number of halogens is 2. The Morgan fingerprint density at radius 1 is 0.719 bits per heavy atom. The summed E-state index contributed by atoms with van der Waals surface area (Å²) < 4.78 is 0. The second kappa shape index (κ2) is 8.90. The van der Waals surface area contributed by atoms with Gasteiger partial charge in [-0.2, -0.15) is 0 Å². The van der Waals surface area contributed by atoms with E-state index >= 15 is 0 Å². The fraction of sp³-hybridized carbons (Fsp3) is 0.241. The maximum atomic E-state index is 11.1. The lowest BCUT2D eigenvalue weighted by atomic mass is 9.83. The summed E-state index contributed by atoms with van der Waals surface area (Å²) in [6.45, 7) is 0. The average Bonchev–Trinajstić information content (AvgIpc) is 3.49. The second-order valence-electron chi connectivity index (χ2n) is 8.74. The van der Waals surface area contributed by atoms with E-state index in [2.05, 4.69) is 30.3 Å². The molecule has 1 nitrogen and oxygen atoms in total. The van der Waals surface area contributed by atoms with Crippen molar-refractivity contribution in [1.29, 1.82) is 0 Å². The number of hydrogen-bond acceptors (Lipinski definition) is 1. The first kappa shape index (κ1) is 21.5. The highest BCUT2D eigenvalue weighted by Gasteiger charge is 2.58. The van der Waals surface area contributed by atoms with Gasteiger partial charge in [0.1, 0.15) is 0 Å². The van der Waals surface area contributed by atoms with Gasteiger partial charge < -0.3 is 5.11 Å². The standard InChI is InChI=1S/C29H26Cl2O/c30-24-15-11-22(12-16-24)29(23-13-17-25(31)18-14-23)26(28(29)21-9-5-2-6-10-21)19-27(32)20-7-3-1-4-8-20/h1,3-4,7-8,11-19,27,32H,2,5-6,9-10H2/b26-19+. The van der Waals surface area contributed by atoms with Gasteiger partial charge in [0.05, 0.1) is 11.5 Å². The first-order valence-electron chi connectivity index (χ1n) is 11.3. The van der Waals surface area contributed by atoms with Crippen molar-refractivity contribution in [3.63, 3.8) is 0 Å². The van der Waals surface area contributed by atoms with Gasteiger partial charge in [-0.15, -0.1) is 0 Å². The molecule has 0 amide bonds. The van der Waals surface area contributed by atoms with Gasteiger partial charge in [0.25, 0.3) is 0 Å². The van der Waals surface area contributed by atoms with E-state index in [0.717, 1.165) is 28.5 Å². The Morgan fingerprint density at radius 2 is 1.25 bits per heavy atom. The summed E-state index contributed by atoms with van der Waals surface area (Å²) in [5.41, 5.74) is 7.01. The van der Waals surface area contributed by atoms with Crippen LogP contribution in [-0.4, -0.2) is 5.11 Å². The molecular formula is C29H26Cl2O. The van der Waals surface area contributed by atoms with Crippen LogP contribution in [0.4, 0.5) is 0 Å². The lowest BCUT2D eigenvalue weighted by Crippen LogP contribution is -2.11. The van der Waals surface area contributed by atoms with Crippen LogP contribution >= 0.6 is 23.2 Å². The number of rotatable bonds is 4. The van der Waals surface area contributed by atoms with Crippen molar-refractivity contribution in [2.75, 3.05) is 0 Å². The monoisotopic (exact) mass is 460 g/mol. The minimum Gasteiger partial charge on any atom is -0.384 e. The van der Waals surface area contributed by atoms with Crippen molar-refractivity contribution in [2.24, 2.45) is 0 Å². The van der Waals surface area contributed by atoms with E-state index in [1.165, 1.54) is 47.1 Å². The summed E-state index contributed by atoms with van der Waals surface area (Å²) in [7, 11) is 0. The molecule has 2 saturated carbocycles. The molecule has 1 atom stereocenters. The van der Waals surface area contributed by atoms with E-state index in [-0.39, 0.29) is 5.41 Å². The summed E-state index contributed by atoms with van der Waals surface area (Å²) in [5.74, 6) is 0. The zero-order chi connectivity index (χ0) is 22.1. The van der Waals surface area contributed by atoms with Gasteiger partial charge in [-0.1, -0.05) is 89.8 Å². The van der Waals surface area contributed by atoms with Crippen LogP contribution < -0.4 is 0 Å². The number of aliphatic hydroxyl groups is 1. The van der Waals surface area contributed by atoms with Gasteiger partial charge in [-0.25, -0.2) is 0 Å². The summed E-state index contributed by atoms with van der Waals surface area (Å²) >= 11 is 12.5. The van der Waals surface area contributed by atoms with E-state index in [4.69, 9.17) is 23.2 Å². The highest BCUT2D eigenvalue weighted by atomic mass is 35.5. The number of aliphatic hydroxyl groups excluding tert-OH is 1. The molecule has 3 aromatic rings. The molecule has 32 heavy (non-hydrogen) atoms. The molecule has 0 aromatic heterocycles. The Balaban J connectivity index is 1.72. The highest BCUT2D eigenvalue weighted by Crippen LogP contribution is 2.66. The summed E-state index contributed by atoms with van der Waals surface area (Å²) in [4.78, 5) is 0. The molecular weight excluding hydrogens is 435 g/mol. The van der Waals surface area contributed by atoms with Crippen molar-refractivity contribution in [2.45, 2.75) is 43.6 Å². The van der Waals surface area contributed by atoms with E-state index in [0.29, 0.717) is 0 Å². The van der Waals surface area contributed by atoms with Crippen LogP contribution in [0.15, 0.2) is 102 Å². The highest BCUT2D eigenvalue weighted by molar-refractivity contribution is 6.30. The smallest absolute Gasteiger partial charge is 0.0978 e. The summed E-state index contributed by atoms with van der Waals surface area (Å²) in [5, 5.41) is 12.6. The Hall–Kier alpha value is -2.32. The third-order valence-corrected chi connectivity index (χ3v) is 7.32. The van der Waals surface area contributed by atoms with Crippen molar-refractivity contribution < 1.29 is 5.11 Å². The minimum atomic E-state index is -0.660. The Kier molecular flexibility index (Phi) is 5.99. The molecule has 1 N–H and O–H groups in total. The van der Waals surface area contributed by atoms with Crippen LogP contribution in [0.1, 0.15) is 54.9 Å². The molecule has 0 aliphatic heterocycles. The van der Waals surface area contributed by atoms with Gasteiger partial charge >= 0.3 is 0 Å². The third kappa shape index (κ3) is 3.83. The quantitative estimate of drug-likeness (QED) is 0.415. The normalized spacial score (nSPS) is 19.8. The maximum absolute atomic E-state index is 11.1. The molecule has 2 fully saturated rings. The molecule has 162 valence electrons. The Labute approximate surface area is 200 Å². The fourth-order valence-corrected chi connectivity index (χ4v) is 5.52. The molecule has 2 aliphatic carbocycles. The van der Waals surface area contributed by atoms with Crippen LogP contribution in [0.3, 0.4) is 0 Å². The van der Waals surface area contributed by atoms with Crippen molar-refractivity contribution in [1.82, 2.24) is 0 Å². The van der Waals surface area contributed by atoms with Gasteiger partial charge in [-0.05, 0) is 83.9 Å². The van der Waals surface area contributed by atoms with Gasteiger partial charge in [0.15, 0.2) is 0 Å². The number of hydrogen-bond donors (Lipinski definition) is 1. The Morgan fingerprint density at radius 3 is 1.78 bits per heavy atom. The van der Waals surface area contributed by atoms with E-state index in [1.54, 1.807) is 0 Å². The molecule has 3 heteroatoms. The largest absolute Gasteiger partial charge is 0.384 e. The molecule has 2 aliphatic rings. The first-order chi connectivity index (χ1) is 15.6. The molecule has 5 rings (SSSR count). The van der Waals surface area contributed by atoms with Crippen LogP contribution in [0.25, 0.3) is 0 Å². The summed E-state index contributed by atoms with van der Waals surface area (Å²) in [6, 6.07) is 26.2. The lowest BCUT2D eigenvalue weighted by Gasteiger charge is -2.19. The van der Waals surface area contributed by atoms with E-state index in [1.807, 2.05) is 54.6 Å². The summed E-state index contributed by atoms with van der Waals surface area (Å²) in [6.07, 6.45) is 7.38. The molecule has 0 spiro atoms. The van der Waals surface area contributed by atoms with E-state index < -0.39 is 6.10 Å². The van der Waals surface area contributed by atoms with Gasteiger partial charge in [0, 0.05) is 10.0 Å². The SMILES string of the molecule is OC(/C=C1\C(=C2CCCCC2)C1(c1ccc(Cl)cc1)c1ccc(Cl)cc1)c1ccccc1. The predicted octanol–water partition coefficient (Wildman–Crippen LogP) is 8.21. The predicted molar refractivity (Wildman–Crippen MR) is 133 cm³/mol. The van der Waals surface area contributed by atoms with Crippen LogP contribution in [-0.2, 0) is 5.41 Å². The minimum absolute atomic E-state index is 0.363. The maximum Gasteiger partial charge on any atom is 0.0978 e. The lowest BCUT2D eigenvalue weighted by molar-refractivity contribution is 0.228. The van der Waals surface area contributed by atoms with E-state index in [9.17, 15) is 5.11 Å². The van der Waals surface area contributed by atoms with Crippen LogP contribution in [0.2, 0.25) is 10.0 Å². The van der Waals surface area contributed by atoms with Crippen molar-refractivity contribution >= 4 is 23.2 Å². The fourth-order valence-electron chi connectivity index (χ4n) is 5.26. The number of allylic oxidation sites excluding steroid dienone is 3. The zero-order valence-corrected chi connectivity index (χ0v) is 19.4. The van der Waals surface area contributed by atoms with Crippen LogP contribution in [0, 0.1) is 0 Å². The second-order valence-corrected chi connectivity index (χ2v) is 9.61. The Bertz CT molecular complexity index is 1100. The molecule has 1 unspecified atom stereocenters. The molecule has 0 saturated heterocycles. The molecule has 0 bridgehead atoms. The number of benzene rings is 3. The van der Waals surface area contributed by atoms with Crippen molar-refractivity contribution in [3.8, 4) is 0 Å². The topological polar surface area (TPSA) is 20.2 Å².